The average Bonchev–Trinajstić information content (AvgIpc) is 3.57. The van der Waals surface area contributed by atoms with Crippen molar-refractivity contribution < 1.29 is 9.18 Å². The number of fused-ring (bicyclic) bond motifs is 2. The summed E-state index contributed by atoms with van der Waals surface area (Å²) in [6.45, 7) is 0. The van der Waals surface area contributed by atoms with E-state index in [4.69, 9.17) is 0 Å². The van der Waals surface area contributed by atoms with Crippen LogP contribution < -0.4 is 10.6 Å². The zero-order valence-electron chi connectivity index (χ0n) is 21.7. The first-order chi connectivity index (χ1) is 20.1. The number of aromatic amines is 2. The monoisotopic (exact) mass is 538 g/mol. The number of carbonyl (C=O) groups excluding carboxylic acids is 1. The zero-order valence-corrected chi connectivity index (χ0v) is 21.7. The lowest BCUT2D eigenvalue weighted by molar-refractivity contribution is 0.102. The van der Waals surface area contributed by atoms with E-state index in [1.807, 2.05) is 72.9 Å². The molecule has 7 nitrogen and oxygen atoms in total. The van der Waals surface area contributed by atoms with E-state index in [1.54, 1.807) is 30.5 Å². The molecule has 4 N–H and O–H groups in total. The summed E-state index contributed by atoms with van der Waals surface area (Å²) in [5.74, 6) is 0.368. The molecule has 3 aromatic carbocycles. The molecule has 3 aromatic heterocycles. The van der Waals surface area contributed by atoms with Gasteiger partial charge in [0.2, 0.25) is 0 Å². The van der Waals surface area contributed by atoms with Crippen LogP contribution in [0.3, 0.4) is 0 Å². The number of allylic oxidation sites excluding steroid dienone is 2. The highest BCUT2D eigenvalue weighted by Gasteiger charge is 2.19. The minimum Gasteiger partial charge on any atom is -0.348 e. The van der Waals surface area contributed by atoms with Crippen molar-refractivity contribution in [3.8, 4) is 22.6 Å². The van der Waals surface area contributed by atoms with Gasteiger partial charge in [-0.1, -0.05) is 48.5 Å². The predicted molar refractivity (Wildman–Crippen MR) is 160 cm³/mol. The molecular formula is C33H23FN6O. The topological polar surface area (TPSA) is 98.5 Å². The molecule has 1 aliphatic rings. The molecule has 4 heterocycles. The lowest BCUT2D eigenvalue weighted by atomic mass is 9.98. The Morgan fingerprint density at radius 2 is 1.73 bits per heavy atom. The molecule has 0 unspecified atom stereocenters. The second-order valence-corrected chi connectivity index (χ2v) is 9.65. The first-order valence-electron chi connectivity index (χ1n) is 13.1. The smallest absolute Gasteiger partial charge is 0.255 e. The molecule has 41 heavy (non-hydrogen) atoms. The summed E-state index contributed by atoms with van der Waals surface area (Å²) in [6.07, 6.45) is 7.53. The van der Waals surface area contributed by atoms with Crippen LogP contribution in [-0.2, 0) is 0 Å². The van der Waals surface area contributed by atoms with Gasteiger partial charge in [0.25, 0.3) is 5.91 Å². The van der Waals surface area contributed by atoms with Crippen molar-refractivity contribution in [2.45, 2.75) is 0 Å². The molecule has 1 aliphatic heterocycles. The van der Waals surface area contributed by atoms with Crippen LogP contribution >= 0.6 is 0 Å². The van der Waals surface area contributed by atoms with Gasteiger partial charge in [0.15, 0.2) is 0 Å². The average molecular weight is 539 g/mol. The second kappa shape index (κ2) is 10.1. The third-order valence-corrected chi connectivity index (χ3v) is 7.00. The van der Waals surface area contributed by atoms with Crippen LogP contribution in [0.1, 0.15) is 21.5 Å². The van der Waals surface area contributed by atoms with Crippen molar-refractivity contribution in [2.24, 2.45) is 0 Å². The Kier molecular flexibility index (Phi) is 5.98. The van der Waals surface area contributed by atoms with Gasteiger partial charge in [-0.05, 0) is 65.7 Å². The fourth-order valence-corrected chi connectivity index (χ4v) is 4.98. The molecule has 1 amide bonds. The lowest BCUT2D eigenvalue weighted by Crippen LogP contribution is -2.11. The maximum atomic E-state index is 13.6. The van der Waals surface area contributed by atoms with E-state index in [2.05, 4.69) is 30.8 Å². The zero-order chi connectivity index (χ0) is 27.8. The lowest BCUT2D eigenvalue weighted by Gasteiger charge is -2.08. The largest absolute Gasteiger partial charge is 0.348 e. The summed E-state index contributed by atoms with van der Waals surface area (Å²) < 4.78 is 13.6. The van der Waals surface area contributed by atoms with Gasteiger partial charge < -0.3 is 15.6 Å². The van der Waals surface area contributed by atoms with Gasteiger partial charge >= 0.3 is 0 Å². The molecular weight excluding hydrogens is 515 g/mol. The third-order valence-electron chi connectivity index (χ3n) is 7.00. The van der Waals surface area contributed by atoms with Gasteiger partial charge in [-0.2, -0.15) is 5.10 Å². The highest BCUT2D eigenvalue weighted by atomic mass is 19.1. The number of nitrogens with one attached hydrogen (secondary N) is 4. The summed E-state index contributed by atoms with van der Waals surface area (Å²) in [4.78, 5) is 20.8. The summed E-state index contributed by atoms with van der Waals surface area (Å²) in [7, 11) is 0. The summed E-state index contributed by atoms with van der Waals surface area (Å²) in [6, 6.07) is 27.2. The van der Waals surface area contributed by atoms with Gasteiger partial charge in [-0.25, -0.2) is 4.39 Å². The molecule has 0 saturated heterocycles. The van der Waals surface area contributed by atoms with Crippen LogP contribution in [0.15, 0.2) is 116 Å². The van der Waals surface area contributed by atoms with Crippen LogP contribution in [0.4, 0.5) is 15.9 Å². The number of H-pyrrole nitrogens is 2. The number of pyridine rings is 1. The number of aromatic nitrogens is 4. The molecule has 8 heteroatoms. The van der Waals surface area contributed by atoms with Gasteiger partial charge in [0.1, 0.15) is 17.3 Å². The van der Waals surface area contributed by atoms with Crippen molar-refractivity contribution in [2.75, 3.05) is 10.6 Å². The molecule has 0 spiro atoms. The highest BCUT2D eigenvalue weighted by Crippen LogP contribution is 2.37. The van der Waals surface area contributed by atoms with E-state index in [0.717, 1.165) is 56.1 Å². The molecule has 0 radical (unpaired) electrons. The molecule has 7 rings (SSSR count). The quantitative estimate of drug-likeness (QED) is 0.184. The Balaban J connectivity index is 1.23. The molecule has 0 saturated carbocycles. The number of amides is 1. The Morgan fingerprint density at radius 3 is 2.59 bits per heavy atom. The molecule has 0 bridgehead atoms. The van der Waals surface area contributed by atoms with E-state index in [1.165, 1.54) is 12.1 Å². The number of halogens is 1. The Morgan fingerprint density at radius 1 is 0.878 bits per heavy atom. The summed E-state index contributed by atoms with van der Waals surface area (Å²) in [5, 5.41) is 14.8. The van der Waals surface area contributed by atoms with E-state index in [0.29, 0.717) is 11.3 Å². The van der Waals surface area contributed by atoms with E-state index in [9.17, 15) is 9.18 Å². The minimum atomic E-state index is -0.275. The maximum absolute atomic E-state index is 13.6. The first-order valence-corrected chi connectivity index (χ1v) is 13.1. The fraction of sp³-hybridized carbons (Fsp3) is 0. The van der Waals surface area contributed by atoms with E-state index < -0.39 is 0 Å². The number of benzene rings is 3. The van der Waals surface area contributed by atoms with Crippen molar-refractivity contribution in [3.63, 3.8) is 0 Å². The van der Waals surface area contributed by atoms with Gasteiger partial charge in [0, 0.05) is 34.0 Å². The SMILES string of the molecule is O=C(Nc1cccc(-c2cc3c(-c4cc5c([nH]4)NC=CC=C5c4ccc(F)cc4)n[nH]c3cn2)c1)c1ccccc1. The Labute approximate surface area is 234 Å². The Hall–Kier alpha value is -5.76. The second-order valence-electron chi connectivity index (χ2n) is 9.65. The molecule has 0 aliphatic carbocycles. The van der Waals surface area contributed by atoms with Crippen LogP contribution in [-0.4, -0.2) is 26.1 Å². The first kappa shape index (κ1) is 24.3. The predicted octanol–water partition coefficient (Wildman–Crippen LogP) is 7.38. The van der Waals surface area contributed by atoms with Gasteiger partial charge in [0.05, 0.1) is 23.1 Å². The van der Waals surface area contributed by atoms with Crippen molar-refractivity contribution >= 4 is 33.9 Å². The van der Waals surface area contributed by atoms with Gasteiger partial charge in [-0.3, -0.25) is 14.9 Å². The third kappa shape index (κ3) is 4.68. The molecule has 0 atom stereocenters. The number of hydrogen-bond donors (Lipinski definition) is 4. The fourth-order valence-electron chi connectivity index (χ4n) is 4.98. The summed E-state index contributed by atoms with van der Waals surface area (Å²) >= 11 is 0. The highest BCUT2D eigenvalue weighted by molar-refractivity contribution is 6.04. The number of carbonyl (C=O) groups is 1. The number of rotatable bonds is 5. The Bertz CT molecular complexity index is 1970. The maximum Gasteiger partial charge on any atom is 0.255 e. The van der Waals surface area contributed by atoms with Crippen LogP contribution in [0, 0.1) is 5.82 Å². The summed E-state index contributed by atoms with van der Waals surface area (Å²) in [5.41, 5.74) is 8.05. The molecule has 6 aromatic rings. The van der Waals surface area contributed by atoms with Crippen LogP contribution in [0.5, 0.6) is 0 Å². The minimum absolute atomic E-state index is 0.174. The molecule has 0 fully saturated rings. The normalized spacial score (nSPS) is 12.4. The number of anilines is 2. The molecule has 198 valence electrons. The van der Waals surface area contributed by atoms with Crippen molar-refractivity contribution in [3.05, 3.63) is 138 Å². The van der Waals surface area contributed by atoms with E-state index >= 15 is 0 Å². The number of hydrogen-bond acceptors (Lipinski definition) is 4. The number of nitrogens with zero attached hydrogens (tertiary/aromatic N) is 2. The van der Waals surface area contributed by atoms with E-state index in [-0.39, 0.29) is 11.7 Å². The van der Waals surface area contributed by atoms with Gasteiger partial charge in [-0.15, -0.1) is 0 Å². The van der Waals surface area contributed by atoms with Crippen LogP contribution in [0.2, 0.25) is 0 Å². The van der Waals surface area contributed by atoms with Crippen molar-refractivity contribution in [1.82, 2.24) is 20.2 Å². The van der Waals surface area contributed by atoms with Crippen molar-refractivity contribution in [1.29, 1.82) is 0 Å². The van der Waals surface area contributed by atoms with Crippen LogP contribution in [0.25, 0.3) is 39.1 Å². The standard InChI is InChI=1S/C33H23FN6O/c34-23-13-11-20(12-14-23)25-10-5-15-35-32-26(25)17-29(38-32)31-27-18-28(36-19-30(27)39-40-31)22-8-4-9-24(16-22)37-33(41)21-6-2-1-3-7-21/h1-19,35,38H,(H,37,41)(H,39,40).